The quantitative estimate of drug-likeness (QED) is 0.786. The monoisotopic (exact) mass is 286 g/mol. The minimum Gasteiger partial charge on any atom is -0.384 e. The molecule has 1 atom stereocenters. The van der Waals surface area contributed by atoms with E-state index < -0.39 is 5.66 Å². The van der Waals surface area contributed by atoms with E-state index in [0.717, 1.165) is 43.7 Å². The van der Waals surface area contributed by atoms with Crippen molar-refractivity contribution in [2.24, 2.45) is 11.7 Å². The second-order valence-electron chi connectivity index (χ2n) is 5.83. The topological polar surface area (TPSA) is 86.2 Å². The van der Waals surface area contributed by atoms with Crippen LogP contribution in [0.25, 0.3) is 5.70 Å². The van der Waals surface area contributed by atoms with Crippen molar-refractivity contribution in [2.75, 3.05) is 18.9 Å². The molecule has 0 saturated carbocycles. The molecule has 1 saturated heterocycles. The molecule has 1 fully saturated rings. The van der Waals surface area contributed by atoms with E-state index in [9.17, 15) is 0 Å². The summed E-state index contributed by atoms with van der Waals surface area (Å²) in [4.78, 5) is 4.02. The first-order valence-corrected chi connectivity index (χ1v) is 7.41. The van der Waals surface area contributed by atoms with E-state index in [-0.39, 0.29) is 0 Å². The highest BCUT2D eigenvalue weighted by Gasteiger charge is 2.29. The predicted octanol–water partition coefficient (Wildman–Crippen LogP) is 1.64. The highest BCUT2D eigenvalue weighted by atomic mass is 16.5. The van der Waals surface area contributed by atoms with E-state index in [2.05, 4.69) is 10.3 Å². The number of dihydropyridines is 1. The van der Waals surface area contributed by atoms with Gasteiger partial charge in [0.15, 0.2) is 0 Å². The number of nitrogen functional groups attached to an aromatic ring is 1. The number of rotatable bonds is 3. The molecule has 1 aromatic heterocycles. The van der Waals surface area contributed by atoms with E-state index in [1.54, 1.807) is 6.20 Å². The van der Waals surface area contributed by atoms with Gasteiger partial charge < -0.3 is 21.5 Å². The van der Waals surface area contributed by atoms with Gasteiger partial charge in [-0.1, -0.05) is 6.08 Å². The molecule has 3 heterocycles. The SMILES string of the molecule is Nc1cc(C2=CC=CC(N)(CC3CCOCC3)N2)ccn1. The summed E-state index contributed by atoms with van der Waals surface area (Å²) in [6.45, 7) is 1.68. The fraction of sp³-hybridized carbons (Fsp3) is 0.438. The molecule has 0 bridgehead atoms. The lowest BCUT2D eigenvalue weighted by Crippen LogP contribution is -2.53. The Morgan fingerprint density at radius 1 is 1.38 bits per heavy atom. The van der Waals surface area contributed by atoms with Crippen molar-refractivity contribution in [3.8, 4) is 0 Å². The number of aromatic nitrogens is 1. The second kappa shape index (κ2) is 5.87. The number of hydrogen-bond donors (Lipinski definition) is 3. The van der Waals surface area contributed by atoms with E-state index >= 15 is 0 Å². The molecule has 2 aliphatic rings. The molecule has 3 rings (SSSR count). The Hall–Kier alpha value is -1.85. The second-order valence-corrected chi connectivity index (χ2v) is 5.83. The van der Waals surface area contributed by atoms with Gasteiger partial charge in [-0.05, 0) is 49.5 Å². The molecule has 2 aliphatic heterocycles. The molecule has 5 nitrogen and oxygen atoms in total. The van der Waals surface area contributed by atoms with Crippen LogP contribution in [0.4, 0.5) is 5.82 Å². The maximum Gasteiger partial charge on any atom is 0.123 e. The van der Waals surface area contributed by atoms with Crippen LogP contribution in [0, 0.1) is 5.92 Å². The van der Waals surface area contributed by atoms with Gasteiger partial charge in [-0.25, -0.2) is 4.98 Å². The summed E-state index contributed by atoms with van der Waals surface area (Å²) >= 11 is 0. The lowest BCUT2D eigenvalue weighted by Gasteiger charge is -2.36. The van der Waals surface area contributed by atoms with Gasteiger partial charge in [-0.2, -0.15) is 0 Å². The third kappa shape index (κ3) is 3.43. The Morgan fingerprint density at radius 2 is 2.19 bits per heavy atom. The fourth-order valence-electron chi connectivity index (χ4n) is 2.98. The van der Waals surface area contributed by atoms with Gasteiger partial charge in [-0.3, -0.25) is 0 Å². The highest BCUT2D eigenvalue weighted by molar-refractivity contribution is 5.69. The third-order valence-corrected chi connectivity index (χ3v) is 4.08. The van der Waals surface area contributed by atoms with Crippen molar-refractivity contribution in [1.82, 2.24) is 10.3 Å². The van der Waals surface area contributed by atoms with Crippen LogP contribution in [-0.4, -0.2) is 23.9 Å². The number of anilines is 1. The summed E-state index contributed by atoms with van der Waals surface area (Å²) in [6, 6.07) is 3.79. The molecule has 0 aromatic carbocycles. The van der Waals surface area contributed by atoms with Crippen LogP contribution in [0.5, 0.6) is 0 Å². The normalized spacial score (nSPS) is 26.2. The number of hydrogen-bond acceptors (Lipinski definition) is 5. The molecule has 5 heteroatoms. The van der Waals surface area contributed by atoms with Crippen LogP contribution in [0.2, 0.25) is 0 Å². The van der Waals surface area contributed by atoms with Crippen molar-refractivity contribution < 1.29 is 4.74 Å². The summed E-state index contributed by atoms with van der Waals surface area (Å²) in [5.74, 6) is 1.11. The highest BCUT2D eigenvalue weighted by Crippen LogP contribution is 2.28. The van der Waals surface area contributed by atoms with Crippen LogP contribution in [0.3, 0.4) is 0 Å². The van der Waals surface area contributed by atoms with Crippen molar-refractivity contribution in [2.45, 2.75) is 24.9 Å². The van der Waals surface area contributed by atoms with Crippen molar-refractivity contribution in [1.29, 1.82) is 0 Å². The van der Waals surface area contributed by atoms with Crippen LogP contribution >= 0.6 is 0 Å². The first-order chi connectivity index (χ1) is 10.1. The smallest absolute Gasteiger partial charge is 0.123 e. The molecular weight excluding hydrogens is 264 g/mol. The summed E-state index contributed by atoms with van der Waals surface area (Å²) < 4.78 is 5.41. The Kier molecular flexibility index (Phi) is 3.94. The van der Waals surface area contributed by atoms with Gasteiger partial charge in [0.05, 0.1) is 0 Å². The summed E-state index contributed by atoms with van der Waals surface area (Å²) in [5, 5.41) is 3.45. The zero-order chi connectivity index (χ0) is 14.7. The number of allylic oxidation sites excluding steroid dienone is 2. The molecule has 1 aromatic rings. The fourth-order valence-corrected chi connectivity index (χ4v) is 2.98. The van der Waals surface area contributed by atoms with Crippen LogP contribution < -0.4 is 16.8 Å². The average molecular weight is 286 g/mol. The number of pyridine rings is 1. The molecule has 1 unspecified atom stereocenters. The molecule has 5 N–H and O–H groups in total. The van der Waals surface area contributed by atoms with Crippen molar-refractivity contribution in [3.05, 3.63) is 42.1 Å². The first kappa shape index (κ1) is 14.1. The Labute approximate surface area is 125 Å². The van der Waals surface area contributed by atoms with Gasteiger partial charge in [0.2, 0.25) is 0 Å². The van der Waals surface area contributed by atoms with Gasteiger partial charge in [0.25, 0.3) is 0 Å². The van der Waals surface area contributed by atoms with Gasteiger partial charge in [-0.15, -0.1) is 0 Å². The standard InChI is InChI=1S/C16H22N4O/c17-15-10-13(3-7-19-15)14-2-1-6-16(18,20-14)11-12-4-8-21-9-5-12/h1-3,6-7,10,12,20H,4-5,8-9,11,18H2,(H2,17,19). The number of nitrogens with two attached hydrogens (primary N) is 2. The maximum absolute atomic E-state index is 6.53. The van der Waals surface area contributed by atoms with E-state index in [1.807, 2.05) is 30.4 Å². The first-order valence-electron chi connectivity index (χ1n) is 7.41. The van der Waals surface area contributed by atoms with E-state index in [0.29, 0.717) is 11.7 Å². The largest absolute Gasteiger partial charge is 0.384 e. The Morgan fingerprint density at radius 3 is 2.95 bits per heavy atom. The number of ether oxygens (including phenoxy) is 1. The van der Waals surface area contributed by atoms with E-state index in [1.165, 1.54) is 0 Å². The summed E-state index contributed by atoms with van der Waals surface area (Å²) in [5.41, 5.74) is 13.8. The Balaban J connectivity index is 1.72. The van der Waals surface area contributed by atoms with Gasteiger partial charge in [0.1, 0.15) is 11.5 Å². The maximum atomic E-state index is 6.53. The lowest BCUT2D eigenvalue weighted by molar-refractivity contribution is 0.0578. The van der Waals surface area contributed by atoms with Crippen LogP contribution in [-0.2, 0) is 4.74 Å². The van der Waals surface area contributed by atoms with Gasteiger partial charge in [0, 0.05) is 30.7 Å². The van der Waals surface area contributed by atoms with Crippen molar-refractivity contribution in [3.63, 3.8) is 0 Å². The number of nitrogens with one attached hydrogen (secondary N) is 1. The molecule has 0 radical (unpaired) electrons. The van der Waals surface area contributed by atoms with E-state index in [4.69, 9.17) is 16.2 Å². The summed E-state index contributed by atoms with van der Waals surface area (Å²) in [7, 11) is 0. The van der Waals surface area contributed by atoms with Crippen molar-refractivity contribution >= 4 is 11.5 Å². The molecular formula is C16H22N4O. The minimum absolute atomic E-state index is 0.510. The zero-order valence-corrected chi connectivity index (χ0v) is 12.1. The molecule has 112 valence electrons. The van der Waals surface area contributed by atoms with Gasteiger partial charge >= 0.3 is 0 Å². The summed E-state index contributed by atoms with van der Waals surface area (Å²) in [6.07, 6.45) is 10.8. The zero-order valence-electron chi connectivity index (χ0n) is 12.1. The molecule has 0 amide bonds. The third-order valence-electron chi connectivity index (χ3n) is 4.08. The Bertz CT molecular complexity index is 563. The van der Waals surface area contributed by atoms with Crippen LogP contribution in [0.1, 0.15) is 24.8 Å². The average Bonchev–Trinajstić information content (AvgIpc) is 2.48. The molecule has 0 aliphatic carbocycles. The lowest BCUT2D eigenvalue weighted by atomic mass is 9.87. The minimum atomic E-state index is -0.510. The molecule has 21 heavy (non-hydrogen) atoms. The number of nitrogens with zero attached hydrogens (tertiary/aromatic N) is 1. The van der Waals surface area contributed by atoms with Crippen LogP contribution in [0.15, 0.2) is 36.6 Å². The molecule has 0 spiro atoms. The predicted molar refractivity (Wildman–Crippen MR) is 84.0 cm³/mol.